The van der Waals surface area contributed by atoms with Gasteiger partial charge in [-0.3, -0.25) is 28.8 Å². The Bertz CT molecular complexity index is 3780. The summed E-state index contributed by atoms with van der Waals surface area (Å²) in [6.45, 7) is 21.4. The molecule has 0 spiro atoms. The van der Waals surface area contributed by atoms with E-state index in [2.05, 4.69) is 61.7 Å². The fourth-order valence-corrected chi connectivity index (χ4v) is 14.8. The molecule has 4 N–H and O–H groups in total. The van der Waals surface area contributed by atoms with Crippen molar-refractivity contribution in [1.29, 1.82) is 0 Å². The van der Waals surface area contributed by atoms with Crippen LogP contribution >= 0.6 is 10.7 Å². The second kappa shape index (κ2) is 44.0. The maximum absolute atomic E-state index is 13.2. The highest BCUT2D eigenvalue weighted by molar-refractivity contribution is 8.13. The SMILES string of the molecule is C.CC(=O)N1CCN(c2ccc(C=O)cc2)CC1.CC(=O)N1CCN(c2ccc(CN(C3CCC3)S(=O)(=O)Cc3ccccc3)cc2)CC1.CC(=O)N1CCN(c2ccc(CNC3CCC3)cc2)CC1.CC(=O)N1CCNCC1.NC1CCC1.O=Cc1ccc(F)cc1.O=S(=O)(Cl)Cc1ccccc1. The molecule has 3 aliphatic carbocycles. The number of nitrogens with two attached hydrogens (primary N) is 1. The van der Waals surface area contributed by atoms with Crippen molar-refractivity contribution in [1.82, 2.24) is 34.5 Å². The first-order chi connectivity index (χ1) is 49.4. The minimum atomic E-state index is -3.40. The third-order valence-electron chi connectivity index (χ3n) is 19.1. The van der Waals surface area contributed by atoms with Crippen LogP contribution in [0.5, 0.6) is 0 Å². The van der Waals surface area contributed by atoms with E-state index in [1.165, 1.54) is 74.0 Å². The first kappa shape index (κ1) is 84.8. The highest BCUT2D eigenvalue weighted by Gasteiger charge is 2.34. The standard InChI is InChI=1S/C24H31N3O3S.C17H25N3O.C13H16N2O2.C7H7ClO2S.C7H5FO.C6H12N2O.C4H9N.CH4/c1-20(28)25-14-16-26(17-15-25)23-12-10-21(11-13-23)18-27(24-8-5-9-24)31(29,30)19-22-6-3-2-4-7-22;1-14(21)19-9-11-20(12-10-19)17-7-5-15(6-8-17)13-18-16-3-2-4-16;1-11(17)14-6-8-15(9-7-14)13-4-2-12(10-16)3-5-13;8-11(9,10)6-7-4-2-1-3-5-7;8-7-3-1-6(5-9)2-4-7;1-6(9)8-4-2-7-3-5-8;5-4-2-1-3-4;/h2-4,6-7,10-13,24H,5,8-9,14-19H2,1H3;5-8,16,18H,2-4,9-13H2,1H3;2-5,10H,6-9H2,1H3;1-5H,6H2;1-5H;7H,2-5H2,1H3;4H,1-3,5H2;1H4. The monoisotopic (exact) mass is 1490 g/mol. The first-order valence-electron chi connectivity index (χ1n) is 35.9. The maximum Gasteiger partial charge on any atom is 0.236 e. The predicted octanol–water partition coefficient (Wildman–Crippen LogP) is 10.4. The van der Waals surface area contributed by atoms with Crippen LogP contribution in [0.2, 0.25) is 0 Å². The molecule has 0 unspecified atom stereocenters. The van der Waals surface area contributed by atoms with Gasteiger partial charge in [-0.1, -0.05) is 112 Å². The van der Waals surface area contributed by atoms with E-state index in [4.69, 9.17) is 16.4 Å². The van der Waals surface area contributed by atoms with Crippen molar-refractivity contribution in [3.8, 4) is 0 Å². The second-order valence-electron chi connectivity index (χ2n) is 26.7. The lowest BCUT2D eigenvalue weighted by atomic mass is 9.93. The van der Waals surface area contributed by atoms with Crippen LogP contribution in [0.4, 0.5) is 21.5 Å². The van der Waals surface area contributed by atoms with Crippen molar-refractivity contribution in [2.24, 2.45) is 5.73 Å². The summed E-state index contributed by atoms with van der Waals surface area (Å²) in [7, 11) is -1.76. The van der Waals surface area contributed by atoms with Crippen molar-refractivity contribution < 1.29 is 50.0 Å². The largest absolute Gasteiger partial charge is 0.368 e. The van der Waals surface area contributed by atoms with Crippen LogP contribution in [0.15, 0.2) is 158 Å². The van der Waals surface area contributed by atoms with E-state index in [0.29, 0.717) is 35.6 Å². The molecular weight excluding hydrogens is 1380 g/mol. The van der Waals surface area contributed by atoms with Crippen LogP contribution in [0, 0.1) is 5.82 Å². The number of hydrogen-bond acceptors (Lipinski definition) is 16. The molecular formula is C79H109ClFN11O10S2. The van der Waals surface area contributed by atoms with Crippen LogP contribution in [0.3, 0.4) is 0 Å². The van der Waals surface area contributed by atoms with E-state index in [1.807, 2.05) is 92.4 Å². The summed E-state index contributed by atoms with van der Waals surface area (Å²) in [4.78, 5) is 79.7. The Morgan fingerprint density at radius 1 is 0.481 bits per heavy atom. The summed E-state index contributed by atoms with van der Waals surface area (Å²) in [5.41, 5.74) is 14.0. The van der Waals surface area contributed by atoms with Gasteiger partial charge in [-0.05, 0) is 134 Å². The number of carbonyl (C=O) groups excluding carboxylic acids is 6. The Hall–Kier alpha value is -8.10. The predicted molar refractivity (Wildman–Crippen MR) is 415 cm³/mol. The molecule has 6 aromatic carbocycles. The zero-order valence-electron chi connectivity index (χ0n) is 60.2. The summed E-state index contributed by atoms with van der Waals surface area (Å²) in [6.07, 6.45) is 12.4. The number of benzene rings is 6. The van der Waals surface area contributed by atoms with Crippen LogP contribution in [0.25, 0.3) is 0 Å². The van der Waals surface area contributed by atoms with Crippen LogP contribution in [0.1, 0.15) is 136 Å². The van der Waals surface area contributed by atoms with Gasteiger partial charge < -0.3 is 50.7 Å². The van der Waals surface area contributed by atoms with Gasteiger partial charge in [-0.2, -0.15) is 4.31 Å². The van der Waals surface area contributed by atoms with E-state index >= 15 is 0 Å². The smallest absolute Gasteiger partial charge is 0.236 e. The number of amides is 4. The van der Waals surface area contributed by atoms with Gasteiger partial charge in [0, 0.05) is 202 Å². The highest BCUT2D eigenvalue weighted by atomic mass is 35.7. The Morgan fingerprint density at radius 3 is 1.14 bits per heavy atom. The number of anilines is 3. The Labute approximate surface area is 621 Å². The van der Waals surface area contributed by atoms with Gasteiger partial charge in [0.1, 0.15) is 18.4 Å². The topological polar surface area (TPSA) is 247 Å². The lowest BCUT2D eigenvalue weighted by molar-refractivity contribution is -0.130. The maximum atomic E-state index is 13.2. The molecule has 6 aromatic rings. The molecule has 0 aromatic heterocycles. The molecule has 4 amide bonds. The quantitative estimate of drug-likeness (QED) is 0.0602. The molecule has 4 saturated heterocycles. The normalized spacial score (nSPS) is 16.7. The Balaban J connectivity index is 0.000000204. The fraction of sp³-hybridized carbons (Fsp3) is 0.468. The van der Waals surface area contributed by atoms with Gasteiger partial charge in [0.25, 0.3) is 0 Å². The zero-order valence-corrected chi connectivity index (χ0v) is 62.6. The lowest BCUT2D eigenvalue weighted by Crippen LogP contribution is -2.48. The van der Waals surface area contributed by atoms with Gasteiger partial charge >= 0.3 is 0 Å². The third-order valence-corrected chi connectivity index (χ3v) is 22.0. The van der Waals surface area contributed by atoms with Crippen LogP contribution in [-0.2, 0) is 62.8 Å². The average molecular weight is 1490 g/mol. The minimum absolute atomic E-state index is 0. The van der Waals surface area contributed by atoms with Crippen LogP contribution in [-0.4, -0.2) is 200 Å². The first-order valence-corrected chi connectivity index (χ1v) is 39.9. The molecule has 21 nitrogen and oxygen atoms in total. The molecule has 25 heteroatoms. The minimum Gasteiger partial charge on any atom is -0.368 e. The lowest BCUT2D eigenvalue weighted by Gasteiger charge is -2.37. The number of hydrogen-bond donors (Lipinski definition) is 3. The Morgan fingerprint density at radius 2 is 0.827 bits per heavy atom. The molecule has 7 aliphatic rings. The van der Waals surface area contributed by atoms with Crippen molar-refractivity contribution in [3.63, 3.8) is 0 Å². The van der Waals surface area contributed by atoms with Crippen molar-refractivity contribution in [2.45, 2.75) is 136 Å². The molecule has 0 bridgehead atoms. The number of rotatable bonds is 16. The molecule has 104 heavy (non-hydrogen) atoms. The summed E-state index contributed by atoms with van der Waals surface area (Å²) in [5, 5.41) is 6.77. The van der Waals surface area contributed by atoms with E-state index in [1.54, 1.807) is 56.3 Å². The summed E-state index contributed by atoms with van der Waals surface area (Å²) < 4.78 is 61.4. The molecule has 4 heterocycles. The number of halogens is 2. The second-order valence-corrected chi connectivity index (χ2v) is 31.4. The van der Waals surface area contributed by atoms with E-state index in [-0.39, 0.29) is 54.4 Å². The van der Waals surface area contributed by atoms with Crippen molar-refractivity contribution in [2.75, 3.05) is 119 Å². The molecule has 7 fully saturated rings. The number of nitrogens with one attached hydrogen (secondary N) is 2. The number of sulfonamides is 1. The van der Waals surface area contributed by atoms with Gasteiger partial charge in [0.15, 0.2) is 0 Å². The Kier molecular flexibility index (Phi) is 35.9. The van der Waals surface area contributed by atoms with Crippen molar-refractivity contribution >= 4 is 83.0 Å². The van der Waals surface area contributed by atoms with E-state index in [0.717, 1.165) is 165 Å². The van der Waals surface area contributed by atoms with E-state index < -0.39 is 19.1 Å². The molecule has 0 radical (unpaired) electrons. The van der Waals surface area contributed by atoms with Crippen LogP contribution < -0.4 is 31.1 Å². The summed E-state index contributed by atoms with van der Waals surface area (Å²) in [6, 6.07) is 49.6. The number of nitrogens with zero attached hydrogens (tertiary/aromatic N) is 8. The molecule has 4 aliphatic heterocycles. The number of piperazine rings is 4. The van der Waals surface area contributed by atoms with Gasteiger partial charge in [0.2, 0.25) is 42.7 Å². The summed E-state index contributed by atoms with van der Waals surface area (Å²) >= 11 is 0. The third kappa shape index (κ3) is 29.8. The molecule has 3 saturated carbocycles. The zero-order chi connectivity index (χ0) is 74.2. The fourth-order valence-electron chi connectivity index (χ4n) is 12.0. The van der Waals surface area contributed by atoms with Gasteiger partial charge in [-0.25, -0.2) is 21.2 Å². The number of carbonyl (C=O) groups is 6. The average Bonchev–Trinajstić information content (AvgIpc) is 0.790. The van der Waals surface area contributed by atoms with E-state index in [9.17, 15) is 50.0 Å². The molecule has 566 valence electrons. The molecule has 0 atom stereocenters. The highest BCUT2D eigenvalue weighted by Crippen LogP contribution is 2.31. The number of aldehydes is 2. The van der Waals surface area contributed by atoms with Crippen molar-refractivity contribution in [3.05, 3.63) is 197 Å². The summed E-state index contributed by atoms with van der Waals surface area (Å²) in [5.74, 6) is 0.269. The van der Waals surface area contributed by atoms with Gasteiger partial charge in [0.05, 0.1) is 11.5 Å². The molecule has 13 rings (SSSR count). The van der Waals surface area contributed by atoms with Gasteiger partial charge in [-0.15, -0.1) is 0 Å².